The van der Waals surface area contributed by atoms with E-state index in [4.69, 9.17) is 0 Å². The standard InChI is InChI=1S/C13H9BrN2OS/c14-9-2-1-3-10-11(9)16-13(17)12(18-10)8-4-6-15-7-5-8/h1-7,12H,(H,16,17). The molecule has 3 rings (SSSR count). The number of carbonyl (C=O) groups excluding carboxylic acids is 1. The monoisotopic (exact) mass is 320 g/mol. The molecule has 1 aliphatic heterocycles. The summed E-state index contributed by atoms with van der Waals surface area (Å²) in [4.78, 5) is 17.2. The highest BCUT2D eigenvalue weighted by molar-refractivity contribution is 9.10. The summed E-state index contributed by atoms with van der Waals surface area (Å²) in [6, 6.07) is 9.66. The van der Waals surface area contributed by atoms with Gasteiger partial charge in [-0.05, 0) is 45.8 Å². The Kier molecular flexibility index (Phi) is 3.09. The number of anilines is 1. The van der Waals surface area contributed by atoms with E-state index in [-0.39, 0.29) is 11.2 Å². The second-order valence-electron chi connectivity index (χ2n) is 3.88. The van der Waals surface area contributed by atoms with Crippen molar-refractivity contribution in [3.05, 3.63) is 52.8 Å². The number of carbonyl (C=O) groups is 1. The molecule has 1 amide bonds. The highest BCUT2D eigenvalue weighted by Gasteiger charge is 2.29. The van der Waals surface area contributed by atoms with E-state index in [9.17, 15) is 4.79 Å². The van der Waals surface area contributed by atoms with E-state index in [0.29, 0.717) is 0 Å². The Balaban J connectivity index is 2.00. The smallest absolute Gasteiger partial charge is 0.242 e. The molecule has 18 heavy (non-hydrogen) atoms. The predicted molar refractivity (Wildman–Crippen MR) is 75.6 cm³/mol. The number of amides is 1. The lowest BCUT2D eigenvalue weighted by Gasteiger charge is -2.24. The van der Waals surface area contributed by atoms with Crippen LogP contribution in [0.15, 0.2) is 52.1 Å². The molecule has 0 fully saturated rings. The number of nitrogens with zero attached hydrogens (tertiary/aromatic N) is 1. The summed E-state index contributed by atoms with van der Waals surface area (Å²) in [6.45, 7) is 0. The fourth-order valence-electron chi connectivity index (χ4n) is 1.85. The first kappa shape index (κ1) is 11.7. The van der Waals surface area contributed by atoms with E-state index in [1.165, 1.54) is 0 Å². The van der Waals surface area contributed by atoms with Crippen LogP contribution in [-0.4, -0.2) is 10.9 Å². The zero-order valence-electron chi connectivity index (χ0n) is 9.26. The van der Waals surface area contributed by atoms with Gasteiger partial charge in [0.15, 0.2) is 0 Å². The molecule has 2 aromatic rings. The Labute approximate surface area is 117 Å². The number of hydrogen-bond donors (Lipinski definition) is 1. The molecule has 1 aliphatic rings. The number of hydrogen-bond acceptors (Lipinski definition) is 3. The molecule has 3 nitrogen and oxygen atoms in total. The van der Waals surface area contributed by atoms with E-state index < -0.39 is 0 Å². The van der Waals surface area contributed by atoms with Crippen molar-refractivity contribution in [1.82, 2.24) is 4.98 Å². The number of rotatable bonds is 1. The van der Waals surface area contributed by atoms with Gasteiger partial charge in [0.1, 0.15) is 5.25 Å². The number of nitrogens with one attached hydrogen (secondary N) is 1. The lowest BCUT2D eigenvalue weighted by Crippen LogP contribution is -2.23. The predicted octanol–water partition coefficient (Wildman–Crippen LogP) is 3.63. The van der Waals surface area contributed by atoms with Crippen LogP contribution in [0.25, 0.3) is 0 Å². The van der Waals surface area contributed by atoms with Crippen LogP contribution < -0.4 is 5.32 Å². The SMILES string of the molecule is O=C1Nc2c(Br)cccc2SC1c1ccncc1. The highest BCUT2D eigenvalue weighted by Crippen LogP contribution is 2.45. The summed E-state index contributed by atoms with van der Waals surface area (Å²) in [5.74, 6) is 0.00519. The summed E-state index contributed by atoms with van der Waals surface area (Å²) >= 11 is 5.01. The minimum atomic E-state index is -0.213. The molecule has 1 aromatic heterocycles. The van der Waals surface area contributed by atoms with E-state index in [1.807, 2.05) is 30.3 Å². The van der Waals surface area contributed by atoms with Crippen LogP contribution in [0.1, 0.15) is 10.8 Å². The lowest BCUT2D eigenvalue weighted by atomic mass is 10.1. The van der Waals surface area contributed by atoms with Crippen LogP contribution in [0.2, 0.25) is 0 Å². The van der Waals surface area contributed by atoms with E-state index in [0.717, 1.165) is 20.6 Å². The molecule has 0 saturated carbocycles. The zero-order chi connectivity index (χ0) is 12.5. The van der Waals surface area contributed by atoms with Crippen LogP contribution >= 0.6 is 27.7 Å². The van der Waals surface area contributed by atoms with E-state index in [1.54, 1.807) is 24.2 Å². The number of pyridine rings is 1. The quantitative estimate of drug-likeness (QED) is 0.872. The van der Waals surface area contributed by atoms with Gasteiger partial charge in [-0.25, -0.2) is 0 Å². The van der Waals surface area contributed by atoms with Gasteiger partial charge < -0.3 is 5.32 Å². The Morgan fingerprint density at radius 3 is 2.78 bits per heavy atom. The third-order valence-electron chi connectivity index (χ3n) is 2.72. The summed E-state index contributed by atoms with van der Waals surface area (Å²) in [5.41, 5.74) is 1.83. The van der Waals surface area contributed by atoms with Crippen LogP contribution in [0, 0.1) is 0 Å². The molecule has 1 unspecified atom stereocenters. The number of fused-ring (bicyclic) bond motifs is 1. The fraction of sp³-hybridized carbons (Fsp3) is 0.0769. The van der Waals surface area contributed by atoms with Crippen LogP contribution in [0.3, 0.4) is 0 Å². The third-order valence-corrected chi connectivity index (χ3v) is 4.69. The van der Waals surface area contributed by atoms with Gasteiger partial charge in [0.25, 0.3) is 0 Å². The number of halogens is 1. The van der Waals surface area contributed by atoms with Crippen molar-refractivity contribution >= 4 is 39.3 Å². The van der Waals surface area contributed by atoms with Gasteiger partial charge in [0.2, 0.25) is 5.91 Å². The van der Waals surface area contributed by atoms with Gasteiger partial charge in [0.05, 0.1) is 5.69 Å². The minimum absolute atomic E-state index is 0.00519. The molecule has 0 aliphatic carbocycles. The maximum Gasteiger partial charge on any atom is 0.242 e. The minimum Gasteiger partial charge on any atom is -0.323 e. The van der Waals surface area contributed by atoms with Gasteiger partial charge in [-0.1, -0.05) is 6.07 Å². The average molecular weight is 321 g/mol. The maximum atomic E-state index is 12.1. The summed E-state index contributed by atoms with van der Waals surface area (Å²) in [7, 11) is 0. The summed E-state index contributed by atoms with van der Waals surface area (Å²) in [6.07, 6.45) is 3.42. The second kappa shape index (κ2) is 4.74. The maximum absolute atomic E-state index is 12.1. The normalized spacial score (nSPS) is 18.1. The first-order valence-corrected chi connectivity index (χ1v) is 7.09. The van der Waals surface area contributed by atoms with Crippen molar-refractivity contribution in [2.75, 3.05) is 5.32 Å². The molecule has 90 valence electrons. The average Bonchev–Trinajstić information content (AvgIpc) is 2.40. The Morgan fingerprint density at radius 1 is 1.22 bits per heavy atom. The highest BCUT2D eigenvalue weighted by atomic mass is 79.9. The molecule has 0 radical (unpaired) electrons. The molecule has 0 spiro atoms. The largest absolute Gasteiger partial charge is 0.323 e. The summed E-state index contributed by atoms with van der Waals surface area (Å²) in [5, 5.41) is 2.74. The molecule has 0 saturated heterocycles. The zero-order valence-corrected chi connectivity index (χ0v) is 11.7. The lowest BCUT2D eigenvalue weighted by molar-refractivity contribution is -0.115. The molecular formula is C13H9BrN2OS. The van der Waals surface area contributed by atoms with Crippen LogP contribution in [0.4, 0.5) is 5.69 Å². The van der Waals surface area contributed by atoms with E-state index >= 15 is 0 Å². The number of aromatic nitrogens is 1. The molecule has 1 aromatic carbocycles. The van der Waals surface area contributed by atoms with Gasteiger partial charge in [-0.3, -0.25) is 9.78 Å². The molecular weight excluding hydrogens is 312 g/mol. The number of para-hydroxylation sites is 1. The van der Waals surface area contributed by atoms with Crippen molar-refractivity contribution in [2.45, 2.75) is 10.1 Å². The van der Waals surface area contributed by atoms with E-state index in [2.05, 4.69) is 26.2 Å². The van der Waals surface area contributed by atoms with Crippen molar-refractivity contribution in [3.8, 4) is 0 Å². The van der Waals surface area contributed by atoms with Gasteiger partial charge in [-0.2, -0.15) is 0 Å². The molecule has 2 heterocycles. The summed E-state index contributed by atoms with van der Waals surface area (Å²) < 4.78 is 0.911. The Morgan fingerprint density at radius 2 is 2.00 bits per heavy atom. The van der Waals surface area contributed by atoms with Gasteiger partial charge in [-0.15, -0.1) is 11.8 Å². The topological polar surface area (TPSA) is 42.0 Å². The first-order valence-electron chi connectivity index (χ1n) is 5.41. The Bertz CT molecular complexity index is 603. The first-order chi connectivity index (χ1) is 8.75. The van der Waals surface area contributed by atoms with Gasteiger partial charge in [0, 0.05) is 21.8 Å². The molecule has 0 bridgehead atoms. The molecule has 1 N–H and O–H groups in total. The van der Waals surface area contributed by atoms with Crippen LogP contribution in [-0.2, 0) is 4.79 Å². The van der Waals surface area contributed by atoms with Crippen molar-refractivity contribution < 1.29 is 4.79 Å². The number of thioether (sulfide) groups is 1. The van der Waals surface area contributed by atoms with Crippen LogP contribution in [0.5, 0.6) is 0 Å². The van der Waals surface area contributed by atoms with Crippen molar-refractivity contribution in [3.63, 3.8) is 0 Å². The fourth-order valence-corrected chi connectivity index (χ4v) is 3.60. The van der Waals surface area contributed by atoms with Gasteiger partial charge >= 0.3 is 0 Å². The van der Waals surface area contributed by atoms with Crippen molar-refractivity contribution in [1.29, 1.82) is 0 Å². The molecule has 5 heteroatoms. The molecule has 1 atom stereocenters. The number of benzene rings is 1. The van der Waals surface area contributed by atoms with Crippen molar-refractivity contribution in [2.24, 2.45) is 0 Å². The second-order valence-corrected chi connectivity index (χ2v) is 5.88. The Hall–Kier alpha value is -1.33. The third kappa shape index (κ3) is 2.04.